The molecule has 0 aromatic carbocycles. The number of carbonyl (C=O) groups is 1. The van der Waals surface area contributed by atoms with E-state index < -0.39 is 5.60 Å². The molecule has 4 nitrogen and oxygen atoms in total. The molecule has 5 heteroatoms. The molecule has 1 unspecified atom stereocenters. The summed E-state index contributed by atoms with van der Waals surface area (Å²) in [5.74, 6) is 0.884. The number of thioether (sulfide) groups is 1. The molecule has 1 fully saturated rings. The van der Waals surface area contributed by atoms with Gasteiger partial charge in [-0.25, -0.2) is 0 Å². The first-order chi connectivity index (χ1) is 8.88. The van der Waals surface area contributed by atoms with E-state index in [1.54, 1.807) is 25.6 Å². The van der Waals surface area contributed by atoms with Crippen LogP contribution in [0.1, 0.15) is 40.0 Å². The number of amides is 1. The van der Waals surface area contributed by atoms with Crippen LogP contribution in [-0.2, 0) is 4.79 Å². The summed E-state index contributed by atoms with van der Waals surface area (Å²) >= 11 is 1.63. The second-order valence-electron chi connectivity index (χ2n) is 6.15. The van der Waals surface area contributed by atoms with Crippen LogP contribution in [0.4, 0.5) is 0 Å². The van der Waals surface area contributed by atoms with Gasteiger partial charge in [0, 0.05) is 24.5 Å². The summed E-state index contributed by atoms with van der Waals surface area (Å²) in [7, 11) is 0. The van der Waals surface area contributed by atoms with E-state index in [0.717, 1.165) is 31.0 Å². The van der Waals surface area contributed by atoms with Crippen LogP contribution in [0.3, 0.4) is 0 Å². The summed E-state index contributed by atoms with van der Waals surface area (Å²) in [5, 5.41) is 11.9. The predicted octanol–water partition coefficient (Wildman–Crippen LogP) is 2.01. The molecule has 0 aromatic heterocycles. The third kappa shape index (κ3) is 3.66. The standard InChI is InChI=1S/C14H24N2O2S/c1-11-6-4-5-7-16(11)13(17)12-8-19-10-15(12)9-14(2,3)18/h8,11,18H,4-7,9-10H2,1-3H3. The number of carbonyl (C=O) groups excluding carboxylic acids is 1. The van der Waals surface area contributed by atoms with Crippen LogP contribution in [0.25, 0.3) is 0 Å². The fraction of sp³-hybridized carbons (Fsp3) is 0.786. The van der Waals surface area contributed by atoms with Gasteiger partial charge in [0.2, 0.25) is 0 Å². The van der Waals surface area contributed by atoms with Crippen molar-refractivity contribution in [3.63, 3.8) is 0 Å². The lowest BCUT2D eigenvalue weighted by molar-refractivity contribution is -0.132. The molecule has 1 atom stereocenters. The van der Waals surface area contributed by atoms with Gasteiger partial charge in [-0.2, -0.15) is 0 Å². The lowest BCUT2D eigenvalue weighted by Crippen LogP contribution is -2.46. The van der Waals surface area contributed by atoms with E-state index in [0.29, 0.717) is 12.6 Å². The van der Waals surface area contributed by atoms with Crippen molar-refractivity contribution in [1.82, 2.24) is 9.80 Å². The van der Waals surface area contributed by atoms with Crippen LogP contribution in [-0.4, -0.2) is 51.4 Å². The topological polar surface area (TPSA) is 43.8 Å². The fourth-order valence-corrected chi connectivity index (χ4v) is 3.57. The van der Waals surface area contributed by atoms with Crippen LogP contribution in [0.5, 0.6) is 0 Å². The molecule has 0 saturated carbocycles. The molecule has 0 radical (unpaired) electrons. The van der Waals surface area contributed by atoms with Crippen molar-refractivity contribution < 1.29 is 9.90 Å². The quantitative estimate of drug-likeness (QED) is 0.861. The monoisotopic (exact) mass is 284 g/mol. The van der Waals surface area contributed by atoms with E-state index in [1.807, 2.05) is 15.2 Å². The number of likely N-dealkylation sites (tertiary alicyclic amines) is 1. The molecule has 2 heterocycles. The highest BCUT2D eigenvalue weighted by Gasteiger charge is 2.32. The molecule has 108 valence electrons. The van der Waals surface area contributed by atoms with E-state index in [2.05, 4.69) is 6.92 Å². The molecular weight excluding hydrogens is 260 g/mol. The maximum absolute atomic E-state index is 12.6. The van der Waals surface area contributed by atoms with E-state index >= 15 is 0 Å². The molecule has 2 rings (SSSR count). The largest absolute Gasteiger partial charge is 0.389 e. The van der Waals surface area contributed by atoms with Gasteiger partial charge < -0.3 is 14.9 Å². The summed E-state index contributed by atoms with van der Waals surface area (Å²) in [6.07, 6.45) is 3.41. The number of aliphatic hydroxyl groups is 1. The minimum absolute atomic E-state index is 0.126. The highest BCUT2D eigenvalue weighted by Crippen LogP contribution is 2.28. The smallest absolute Gasteiger partial charge is 0.270 e. The molecule has 0 aromatic rings. The highest BCUT2D eigenvalue weighted by atomic mass is 32.2. The maximum atomic E-state index is 12.6. The first kappa shape index (κ1) is 14.7. The Labute approximate surface area is 119 Å². The van der Waals surface area contributed by atoms with Gasteiger partial charge in [-0.3, -0.25) is 4.79 Å². The van der Waals surface area contributed by atoms with Crippen molar-refractivity contribution in [3.05, 3.63) is 11.1 Å². The molecular formula is C14H24N2O2S. The average molecular weight is 284 g/mol. The zero-order valence-corrected chi connectivity index (χ0v) is 12.9. The Balaban J connectivity index is 2.05. The second kappa shape index (κ2) is 5.75. The van der Waals surface area contributed by atoms with Crippen LogP contribution in [0.15, 0.2) is 11.1 Å². The van der Waals surface area contributed by atoms with Crippen molar-refractivity contribution in [3.8, 4) is 0 Å². The number of nitrogens with zero attached hydrogens (tertiary/aromatic N) is 2. The van der Waals surface area contributed by atoms with Gasteiger partial charge in [0.05, 0.1) is 11.5 Å². The molecule has 2 aliphatic heterocycles. The van der Waals surface area contributed by atoms with E-state index in [4.69, 9.17) is 0 Å². The minimum atomic E-state index is -0.780. The summed E-state index contributed by atoms with van der Waals surface area (Å²) in [4.78, 5) is 16.6. The van der Waals surface area contributed by atoms with Gasteiger partial charge in [0.1, 0.15) is 5.70 Å². The molecule has 1 N–H and O–H groups in total. The molecule has 0 aliphatic carbocycles. The summed E-state index contributed by atoms with van der Waals surface area (Å²) in [6, 6.07) is 0.330. The summed E-state index contributed by atoms with van der Waals surface area (Å²) in [6.45, 7) is 7.04. The van der Waals surface area contributed by atoms with Gasteiger partial charge >= 0.3 is 0 Å². The third-order valence-electron chi connectivity index (χ3n) is 3.63. The van der Waals surface area contributed by atoms with Gasteiger partial charge in [-0.05, 0) is 40.0 Å². The van der Waals surface area contributed by atoms with Crippen LogP contribution in [0, 0.1) is 0 Å². The van der Waals surface area contributed by atoms with E-state index in [1.165, 1.54) is 6.42 Å². The number of hydrogen-bond donors (Lipinski definition) is 1. The Kier molecular flexibility index (Phi) is 4.46. The van der Waals surface area contributed by atoms with E-state index in [9.17, 15) is 9.90 Å². The van der Waals surface area contributed by atoms with Gasteiger partial charge in [-0.15, -0.1) is 11.8 Å². The normalized spacial score (nSPS) is 24.6. The van der Waals surface area contributed by atoms with Crippen LogP contribution < -0.4 is 0 Å². The van der Waals surface area contributed by atoms with Crippen molar-refractivity contribution in [2.45, 2.75) is 51.7 Å². The predicted molar refractivity (Wildman–Crippen MR) is 78.6 cm³/mol. The Morgan fingerprint density at radius 2 is 2.26 bits per heavy atom. The van der Waals surface area contributed by atoms with Crippen molar-refractivity contribution in [2.75, 3.05) is 19.0 Å². The summed E-state index contributed by atoms with van der Waals surface area (Å²) in [5.41, 5.74) is -0.0292. The number of piperidine rings is 1. The fourth-order valence-electron chi connectivity index (χ4n) is 2.68. The molecule has 0 spiro atoms. The molecule has 1 saturated heterocycles. The molecule has 1 amide bonds. The molecule has 0 bridgehead atoms. The summed E-state index contributed by atoms with van der Waals surface area (Å²) < 4.78 is 0. The zero-order valence-electron chi connectivity index (χ0n) is 12.1. The van der Waals surface area contributed by atoms with Crippen molar-refractivity contribution >= 4 is 17.7 Å². The Morgan fingerprint density at radius 3 is 2.89 bits per heavy atom. The molecule has 2 aliphatic rings. The number of hydrogen-bond acceptors (Lipinski definition) is 4. The number of rotatable bonds is 3. The van der Waals surface area contributed by atoms with Gasteiger partial charge in [-0.1, -0.05) is 0 Å². The SMILES string of the molecule is CC1CCCCN1C(=O)C1=CSCN1CC(C)(C)O. The average Bonchev–Trinajstić information content (AvgIpc) is 2.74. The van der Waals surface area contributed by atoms with Crippen molar-refractivity contribution in [1.29, 1.82) is 0 Å². The van der Waals surface area contributed by atoms with Crippen LogP contribution >= 0.6 is 11.8 Å². The lowest BCUT2D eigenvalue weighted by atomic mass is 10.0. The van der Waals surface area contributed by atoms with Crippen LogP contribution in [0.2, 0.25) is 0 Å². The highest BCUT2D eigenvalue weighted by molar-refractivity contribution is 8.02. The van der Waals surface area contributed by atoms with Crippen molar-refractivity contribution in [2.24, 2.45) is 0 Å². The number of β-amino-alcohol motifs (C(OH)–C–C–N with tert-alkyl or cyclic N) is 1. The Hall–Kier alpha value is -0.680. The third-order valence-corrected chi connectivity index (χ3v) is 4.48. The maximum Gasteiger partial charge on any atom is 0.270 e. The first-order valence-corrected chi connectivity index (χ1v) is 8.03. The zero-order chi connectivity index (χ0) is 14.0. The second-order valence-corrected chi connectivity index (χ2v) is 6.98. The first-order valence-electron chi connectivity index (χ1n) is 6.98. The Bertz CT molecular complexity index is 376. The minimum Gasteiger partial charge on any atom is -0.389 e. The Morgan fingerprint density at radius 1 is 1.53 bits per heavy atom. The van der Waals surface area contributed by atoms with E-state index in [-0.39, 0.29) is 5.91 Å². The molecule has 19 heavy (non-hydrogen) atoms. The van der Waals surface area contributed by atoms with Gasteiger partial charge in [0.15, 0.2) is 0 Å². The lowest BCUT2D eigenvalue weighted by Gasteiger charge is -2.36. The van der Waals surface area contributed by atoms with Gasteiger partial charge in [0.25, 0.3) is 5.91 Å².